The summed E-state index contributed by atoms with van der Waals surface area (Å²) in [6.07, 6.45) is 0.684. The summed E-state index contributed by atoms with van der Waals surface area (Å²) in [5.74, 6) is 0.363. The van der Waals surface area contributed by atoms with Gasteiger partial charge in [0.1, 0.15) is 5.75 Å². The van der Waals surface area contributed by atoms with E-state index in [4.69, 9.17) is 0 Å². The van der Waals surface area contributed by atoms with Crippen molar-refractivity contribution in [3.63, 3.8) is 0 Å². The molecule has 2 aromatic carbocycles. The first-order valence-corrected chi connectivity index (χ1v) is 8.39. The predicted octanol–water partition coefficient (Wildman–Crippen LogP) is 5.02. The number of H-pyrrole nitrogens is 1. The number of nitrogens with one attached hydrogen (secondary N) is 2. The molecule has 3 aromatic rings. The second-order valence-electron chi connectivity index (χ2n) is 7.59. The van der Waals surface area contributed by atoms with Crippen LogP contribution in [0, 0.1) is 13.8 Å². The minimum Gasteiger partial charge on any atom is -0.507 e. The molecule has 4 heteroatoms. The lowest BCUT2D eigenvalue weighted by Crippen LogP contribution is -2.12. The Labute approximate surface area is 147 Å². The predicted molar refractivity (Wildman–Crippen MR) is 103 cm³/mol. The van der Waals surface area contributed by atoms with Gasteiger partial charge in [-0.15, -0.1) is 0 Å². The third-order valence-electron chi connectivity index (χ3n) is 4.68. The van der Waals surface area contributed by atoms with Crippen LogP contribution < -0.4 is 5.32 Å². The molecule has 0 atom stereocenters. The third-order valence-corrected chi connectivity index (χ3v) is 4.68. The Morgan fingerprint density at radius 2 is 1.84 bits per heavy atom. The van der Waals surface area contributed by atoms with Gasteiger partial charge in [-0.3, -0.25) is 4.79 Å². The fourth-order valence-corrected chi connectivity index (χ4v) is 3.27. The van der Waals surface area contributed by atoms with Gasteiger partial charge in [0.2, 0.25) is 6.41 Å². The highest BCUT2D eigenvalue weighted by Gasteiger charge is 2.21. The van der Waals surface area contributed by atoms with Gasteiger partial charge in [-0.1, -0.05) is 20.8 Å². The SMILES string of the molecule is Cc1cc(-c2[nH]c3ccc(NC=O)cc3c2C)cc(C(C)(C)C)c1O. The summed E-state index contributed by atoms with van der Waals surface area (Å²) < 4.78 is 0. The van der Waals surface area contributed by atoms with Crippen LogP contribution in [0.4, 0.5) is 5.69 Å². The monoisotopic (exact) mass is 336 g/mol. The zero-order chi connectivity index (χ0) is 18.4. The Kier molecular flexibility index (Phi) is 4.07. The van der Waals surface area contributed by atoms with Crippen LogP contribution in [0.2, 0.25) is 0 Å². The summed E-state index contributed by atoms with van der Waals surface area (Å²) in [5, 5.41) is 14.2. The average molecular weight is 336 g/mol. The van der Waals surface area contributed by atoms with Gasteiger partial charge < -0.3 is 15.4 Å². The first-order valence-electron chi connectivity index (χ1n) is 8.39. The van der Waals surface area contributed by atoms with Gasteiger partial charge in [-0.2, -0.15) is 0 Å². The molecule has 1 amide bonds. The Bertz CT molecular complexity index is 962. The summed E-state index contributed by atoms with van der Waals surface area (Å²) in [7, 11) is 0. The van der Waals surface area contributed by atoms with Crippen LogP contribution in [0.15, 0.2) is 30.3 Å². The lowest BCUT2D eigenvalue weighted by Gasteiger charge is -2.22. The number of benzene rings is 2. The number of hydrogen-bond donors (Lipinski definition) is 3. The van der Waals surface area contributed by atoms with Crippen molar-refractivity contribution in [2.24, 2.45) is 0 Å². The summed E-state index contributed by atoms with van der Waals surface area (Å²) in [4.78, 5) is 14.2. The number of amides is 1. The normalized spacial score (nSPS) is 11.7. The molecule has 0 aliphatic heterocycles. The summed E-state index contributed by atoms with van der Waals surface area (Å²) in [6, 6.07) is 9.88. The van der Waals surface area contributed by atoms with E-state index in [-0.39, 0.29) is 5.41 Å². The molecule has 1 aromatic heterocycles. The Balaban J connectivity index is 2.21. The van der Waals surface area contributed by atoms with E-state index in [0.717, 1.165) is 44.5 Å². The largest absolute Gasteiger partial charge is 0.507 e. The van der Waals surface area contributed by atoms with Crippen LogP contribution in [0.25, 0.3) is 22.2 Å². The lowest BCUT2D eigenvalue weighted by molar-refractivity contribution is -0.105. The molecule has 130 valence electrons. The van der Waals surface area contributed by atoms with Crippen molar-refractivity contribution in [3.8, 4) is 17.0 Å². The highest BCUT2D eigenvalue weighted by atomic mass is 16.3. The fourth-order valence-electron chi connectivity index (χ4n) is 3.27. The highest BCUT2D eigenvalue weighted by Crippen LogP contribution is 2.39. The van der Waals surface area contributed by atoms with Crippen molar-refractivity contribution >= 4 is 23.0 Å². The molecule has 25 heavy (non-hydrogen) atoms. The van der Waals surface area contributed by atoms with Gasteiger partial charge in [0.05, 0.1) is 0 Å². The highest BCUT2D eigenvalue weighted by molar-refractivity contribution is 5.94. The number of fused-ring (bicyclic) bond motifs is 1. The Morgan fingerprint density at radius 1 is 1.12 bits per heavy atom. The van der Waals surface area contributed by atoms with Crippen molar-refractivity contribution in [2.45, 2.75) is 40.0 Å². The Hall–Kier alpha value is -2.75. The number of phenols is 1. The van der Waals surface area contributed by atoms with E-state index in [2.05, 4.69) is 44.1 Å². The van der Waals surface area contributed by atoms with Crippen molar-refractivity contribution in [1.82, 2.24) is 4.98 Å². The fraction of sp³-hybridized carbons (Fsp3) is 0.286. The van der Waals surface area contributed by atoms with Gasteiger partial charge in [-0.05, 0) is 66.3 Å². The summed E-state index contributed by atoms with van der Waals surface area (Å²) in [6.45, 7) is 10.3. The quantitative estimate of drug-likeness (QED) is 0.588. The lowest BCUT2D eigenvalue weighted by atomic mass is 9.83. The molecule has 0 radical (unpaired) electrons. The number of aryl methyl sites for hydroxylation is 2. The minimum absolute atomic E-state index is 0.147. The number of hydrogen-bond acceptors (Lipinski definition) is 2. The van der Waals surface area contributed by atoms with E-state index in [1.165, 1.54) is 0 Å². The number of aromatic nitrogens is 1. The molecule has 0 saturated heterocycles. The third kappa shape index (κ3) is 3.00. The molecule has 3 rings (SSSR count). The second-order valence-corrected chi connectivity index (χ2v) is 7.59. The standard InChI is InChI=1S/C21H24N2O2/c1-12-8-14(9-17(20(12)25)21(3,4)5)19-13(2)16-10-15(22-11-24)6-7-18(16)23-19/h6-11,23,25H,1-5H3,(H,22,24). The molecule has 0 bridgehead atoms. The van der Waals surface area contributed by atoms with Crippen molar-refractivity contribution in [2.75, 3.05) is 5.32 Å². The maximum absolute atomic E-state index is 10.7. The number of phenolic OH excluding ortho intramolecular Hbond substituents is 1. The van der Waals surface area contributed by atoms with Crippen molar-refractivity contribution in [1.29, 1.82) is 0 Å². The number of rotatable bonds is 3. The minimum atomic E-state index is -0.147. The smallest absolute Gasteiger partial charge is 0.211 e. The zero-order valence-corrected chi connectivity index (χ0v) is 15.3. The molecule has 3 N–H and O–H groups in total. The van der Waals surface area contributed by atoms with Crippen molar-refractivity contribution in [3.05, 3.63) is 47.0 Å². The molecule has 0 saturated carbocycles. The maximum atomic E-state index is 10.7. The first-order chi connectivity index (χ1) is 11.7. The molecule has 0 spiro atoms. The van der Waals surface area contributed by atoms with Crippen LogP contribution in [-0.2, 0) is 10.2 Å². The second kappa shape index (κ2) is 5.96. The zero-order valence-electron chi connectivity index (χ0n) is 15.3. The molecule has 0 aliphatic rings. The van der Waals surface area contributed by atoms with E-state index in [1.807, 2.05) is 31.2 Å². The molecular weight excluding hydrogens is 312 g/mol. The van der Waals surface area contributed by atoms with Crippen LogP contribution in [0.5, 0.6) is 5.75 Å². The van der Waals surface area contributed by atoms with E-state index in [9.17, 15) is 9.90 Å². The van der Waals surface area contributed by atoms with Crippen molar-refractivity contribution < 1.29 is 9.90 Å². The number of anilines is 1. The van der Waals surface area contributed by atoms with Gasteiger partial charge in [0.15, 0.2) is 0 Å². The maximum Gasteiger partial charge on any atom is 0.211 e. The first kappa shape index (κ1) is 17.1. The van der Waals surface area contributed by atoms with Crippen LogP contribution >= 0.6 is 0 Å². The van der Waals surface area contributed by atoms with Gasteiger partial charge in [0.25, 0.3) is 0 Å². The van der Waals surface area contributed by atoms with Crippen LogP contribution in [-0.4, -0.2) is 16.5 Å². The van der Waals surface area contributed by atoms with E-state index < -0.39 is 0 Å². The molecule has 0 fully saturated rings. The van der Waals surface area contributed by atoms with E-state index >= 15 is 0 Å². The number of carbonyl (C=O) groups is 1. The number of carbonyl (C=O) groups excluding carboxylic acids is 1. The molecule has 4 nitrogen and oxygen atoms in total. The molecule has 0 unspecified atom stereocenters. The van der Waals surface area contributed by atoms with Crippen LogP contribution in [0.1, 0.15) is 37.5 Å². The Morgan fingerprint density at radius 3 is 2.48 bits per heavy atom. The van der Waals surface area contributed by atoms with Crippen LogP contribution in [0.3, 0.4) is 0 Å². The van der Waals surface area contributed by atoms with E-state index in [1.54, 1.807) is 0 Å². The van der Waals surface area contributed by atoms with Gasteiger partial charge >= 0.3 is 0 Å². The average Bonchev–Trinajstić information content (AvgIpc) is 2.86. The molecule has 1 heterocycles. The number of aromatic hydroxyl groups is 1. The van der Waals surface area contributed by atoms with Gasteiger partial charge in [0, 0.05) is 27.8 Å². The van der Waals surface area contributed by atoms with Gasteiger partial charge in [-0.25, -0.2) is 0 Å². The summed E-state index contributed by atoms with van der Waals surface area (Å²) >= 11 is 0. The topological polar surface area (TPSA) is 65.1 Å². The molecular formula is C21H24N2O2. The molecule has 0 aliphatic carbocycles. The number of aromatic amines is 1. The van der Waals surface area contributed by atoms with E-state index in [0.29, 0.717) is 12.2 Å². The summed E-state index contributed by atoms with van der Waals surface area (Å²) in [5.41, 5.74) is 6.65.